The molecule has 0 N–H and O–H groups in total. The maximum atomic E-state index is 14.1. The maximum Gasteiger partial charge on any atom is 0.418 e. The van der Waals surface area contributed by atoms with Crippen LogP contribution in [0.4, 0.5) is 19.0 Å². The third-order valence-electron chi connectivity index (χ3n) is 8.01. The molecule has 226 valence electrons. The Hall–Kier alpha value is -3.96. The number of aryl methyl sites for hydroxylation is 1. The summed E-state index contributed by atoms with van der Waals surface area (Å²) in [6, 6.07) is 5.97. The molecule has 2 aliphatic rings. The number of aromatic nitrogens is 4. The van der Waals surface area contributed by atoms with E-state index in [1.165, 1.54) is 49.2 Å². The van der Waals surface area contributed by atoms with Crippen LogP contribution in [0.25, 0.3) is 16.6 Å². The van der Waals surface area contributed by atoms with E-state index < -0.39 is 23.3 Å². The molecule has 2 saturated heterocycles. The number of carbonyl (C=O) groups is 1. The summed E-state index contributed by atoms with van der Waals surface area (Å²) in [5, 5.41) is 14.2. The number of hydrogen-bond donors (Lipinski definition) is 0. The maximum absolute atomic E-state index is 14.1. The zero-order valence-corrected chi connectivity index (χ0v) is 24.7. The molecule has 2 aromatic heterocycles. The lowest BCUT2D eigenvalue weighted by atomic mass is 10.1. The second-order valence-corrected chi connectivity index (χ2v) is 11.7. The highest BCUT2D eigenvalue weighted by molar-refractivity contribution is 7.99. The minimum Gasteiger partial charge on any atom is -0.352 e. The first-order valence-corrected chi connectivity index (χ1v) is 14.9. The molecule has 14 heteroatoms. The van der Waals surface area contributed by atoms with Gasteiger partial charge in [0.25, 0.3) is 5.56 Å². The molecule has 1 aromatic carbocycles. The Morgan fingerprint density at radius 1 is 1.23 bits per heavy atom. The van der Waals surface area contributed by atoms with Crippen LogP contribution in [0.15, 0.2) is 47.0 Å². The molecule has 0 saturated carbocycles. The van der Waals surface area contributed by atoms with Crippen LogP contribution in [0.3, 0.4) is 0 Å². The molecule has 0 bridgehead atoms. The van der Waals surface area contributed by atoms with Crippen LogP contribution in [-0.4, -0.2) is 86.5 Å². The van der Waals surface area contributed by atoms with Crippen molar-refractivity contribution in [2.75, 3.05) is 43.9 Å². The van der Waals surface area contributed by atoms with Crippen LogP contribution < -0.4 is 10.5 Å². The van der Waals surface area contributed by atoms with Gasteiger partial charge in [-0.3, -0.25) is 9.59 Å². The Labute approximate surface area is 250 Å². The number of thioether (sulfide) groups is 1. The fraction of sp³-hybridized carbons (Fsp3) is 0.448. The molecule has 1 amide bonds. The van der Waals surface area contributed by atoms with E-state index in [0.29, 0.717) is 35.9 Å². The molecule has 2 fully saturated rings. The number of rotatable bonds is 7. The van der Waals surface area contributed by atoms with Gasteiger partial charge in [-0.25, -0.2) is 9.97 Å². The second-order valence-electron chi connectivity index (χ2n) is 10.7. The lowest BCUT2D eigenvalue weighted by Crippen LogP contribution is -2.55. The smallest absolute Gasteiger partial charge is 0.352 e. The molecule has 2 atom stereocenters. The number of nitrogens with zero attached hydrogens (tertiary/aromatic N) is 8. The summed E-state index contributed by atoms with van der Waals surface area (Å²) in [4.78, 5) is 41.4. The van der Waals surface area contributed by atoms with Crippen LogP contribution in [0.1, 0.15) is 30.4 Å². The number of piperazine rings is 1. The van der Waals surface area contributed by atoms with Gasteiger partial charge in [-0.05, 0) is 51.1 Å². The quantitative estimate of drug-likeness (QED) is 0.224. The van der Waals surface area contributed by atoms with Crippen molar-refractivity contribution in [3.63, 3.8) is 0 Å². The van der Waals surface area contributed by atoms with Gasteiger partial charge in [-0.1, -0.05) is 30.5 Å². The zero-order chi connectivity index (χ0) is 30.9. The third kappa shape index (κ3) is 6.09. The molecule has 1 unspecified atom stereocenters. The fourth-order valence-electron chi connectivity index (χ4n) is 5.76. The van der Waals surface area contributed by atoms with Crippen molar-refractivity contribution in [1.29, 1.82) is 5.26 Å². The lowest BCUT2D eigenvalue weighted by molar-refractivity contribution is -0.138. The molecule has 43 heavy (non-hydrogen) atoms. The van der Waals surface area contributed by atoms with Crippen LogP contribution in [-0.2, 0) is 11.0 Å². The summed E-state index contributed by atoms with van der Waals surface area (Å²) in [6.07, 6.45) is -0.0129. The highest BCUT2D eigenvalue weighted by Crippen LogP contribution is 2.36. The number of fused-ring (bicyclic) bond motifs is 1. The molecular weight excluding hydrogens is 581 g/mol. The predicted octanol–water partition coefficient (Wildman–Crippen LogP) is 3.81. The number of carbonyl (C=O) groups excluding carboxylic acids is 1. The molecule has 5 rings (SSSR count). The number of likely N-dealkylation sites (tertiary alicyclic amines) is 1. The number of alkyl halides is 3. The van der Waals surface area contributed by atoms with Gasteiger partial charge in [0.15, 0.2) is 5.16 Å². The first-order valence-electron chi connectivity index (χ1n) is 13.9. The Bertz CT molecular complexity index is 1650. The predicted molar refractivity (Wildman–Crippen MR) is 157 cm³/mol. The zero-order valence-electron chi connectivity index (χ0n) is 23.8. The summed E-state index contributed by atoms with van der Waals surface area (Å²) >= 11 is 1.39. The van der Waals surface area contributed by atoms with E-state index in [1.54, 1.807) is 4.90 Å². The highest BCUT2D eigenvalue weighted by Gasteiger charge is 2.37. The lowest BCUT2D eigenvalue weighted by Gasteiger charge is -2.41. The van der Waals surface area contributed by atoms with Gasteiger partial charge >= 0.3 is 6.18 Å². The van der Waals surface area contributed by atoms with Gasteiger partial charge in [0.05, 0.1) is 41.4 Å². The summed E-state index contributed by atoms with van der Waals surface area (Å²) in [7, 11) is 2.05. The van der Waals surface area contributed by atoms with Crippen molar-refractivity contribution in [3.8, 4) is 11.8 Å². The number of benzene rings is 1. The van der Waals surface area contributed by atoms with Crippen molar-refractivity contribution >= 4 is 34.4 Å². The standard InChI is InChI=1S/C29H31F3N8O2S/c1-4-23(41)39-14-13-38(16-19(39)10-11-33)26-21-15-34-40(22-9-5-7-18(2)24(22)29(30,31)32)27(42)25(21)35-28(36-26)43-17-20-8-6-12-37(20)3/h4-5,7,9,15,19-20H,1,6,8,10,12-14,16-17H2,2-3H3/t19?,20-/m0/s1. The summed E-state index contributed by atoms with van der Waals surface area (Å²) in [6.45, 7) is 6.78. The van der Waals surface area contributed by atoms with Crippen molar-refractivity contribution < 1.29 is 18.0 Å². The van der Waals surface area contributed by atoms with Gasteiger partial charge in [0.2, 0.25) is 5.91 Å². The fourth-order valence-corrected chi connectivity index (χ4v) is 6.83. The van der Waals surface area contributed by atoms with Gasteiger partial charge in [0.1, 0.15) is 11.3 Å². The molecule has 2 aliphatic heterocycles. The highest BCUT2D eigenvalue weighted by atomic mass is 32.2. The van der Waals surface area contributed by atoms with Gasteiger partial charge < -0.3 is 14.7 Å². The molecule has 3 aromatic rings. The molecule has 0 aliphatic carbocycles. The van der Waals surface area contributed by atoms with Crippen LogP contribution in [0.2, 0.25) is 0 Å². The van der Waals surface area contributed by atoms with Crippen LogP contribution >= 0.6 is 11.8 Å². The number of nitriles is 1. The molecule has 0 radical (unpaired) electrons. The Morgan fingerprint density at radius 2 is 2.02 bits per heavy atom. The topological polar surface area (TPSA) is 111 Å². The van der Waals surface area contributed by atoms with E-state index in [1.807, 2.05) is 4.90 Å². The van der Waals surface area contributed by atoms with E-state index in [0.717, 1.165) is 24.1 Å². The van der Waals surface area contributed by atoms with Crippen molar-refractivity contribution in [1.82, 2.24) is 29.5 Å². The average molecular weight is 613 g/mol. The average Bonchev–Trinajstić information content (AvgIpc) is 3.39. The Morgan fingerprint density at radius 3 is 2.70 bits per heavy atom. The molecule has 4 heterocycles. The third-order valence-corrected chi connectivity index (χ3v) is 9.00. The van der Waals surface area contributed by atoms with Crippen molar-refractivity contribution in [3.05, 3.63) is 58.5 Å². The minimum absolute atomic E-state index is 0.0328. The van der Waals surface area contributed by atoms with Gasteiger partial charge in [-0.2, -0.15) is 28.2 Å². The van der Waals surface area contributed by atoms with E-state index in [-0.39, 0.29) is 41.0 Å². The number of amides is 1. The number of anilines is 1. The molecule has 0 spiro atoms. The SMILES string of the molecule is C=CC(=O)N1CCN(c2nc(SC[C@@H]3CCCN3C)nc3c(=O)n(-c4cccc(C)c4C(F)(F)F)ncc23)CC1CC#N. The first-order chi connectivity index (χ1) is 20.5. The second kappa shape index (κ2) is 12.3. The summed E-state index contributed by atoms with van der Waals surface area (Å²) in [5.74, 6) is 0.778. The Balaban J connectivity index is 1.63. The summed E-state index contributed by atoms with van der Waals surface area (Å²) < 4.78 is 42.9. The summed E-state index contributed by atoms with van der Waals surface area (Å²) in [5.41, 5.74) is -2.22. The molecular formula is C29H31F3N8O2S. The Kier molecular flexibility index (Phi) is 8.75. The largest absolute Gasteiger partial charge is 0.418 e. The van der Waals surface area contributed by atoms with E-state index in [2.05, 4.69) is 34.7 Å². The van der Waals surface area contributed by atoms with Gasteiger partial charge in [-0.15, -0.1) is 0 Å². The number of hydrogen-bond acceptors (Lipinski definition) is 9. The monoisotopic (exact) mass is 612 g/mol. The minimum atomic E-state index is -4.71. The van der Waals surface area contributed by atoms with Crippen molar-refractivity contribution in [2.24, 2.45) is 0 Å². The van der Waals surface area contributed by atoms with Gasteiger partial charge in [0, 0.05) is 31.4 Å². The van der Waals surface area contributed by atoms with E-state index in [9.17, 15) is 28.0 Å². The van der Waals surface area contributed by atoms with E-state index in [4.69, 9.17) is 4.98 Å². The van der Waals surface area contributed by atoms with E-state index >= 15 is 0 Å². The van der Waals surface area contributed by atoms with Crippen LogP contribution in [0, 0.1) is 18.3 Å². The molecule has 10 nitrogen and oxygen atoms in total. The first kappa shape index (κ1) is 30.5. The van der Waals surface area contributed by atoms with Crippen LogP contribution in [0.5, 0.6) is 0 Å². The normalized spacial score (nSPS) is 19.5. The number of halogens is 3. The van der Waals surface area contributed by atoms with Crippen molar-refractivity contribution in [2.45, 2.75) is 49.6 Å².